The van der Waals surface area contributed by atoms with Gasteiger partial charge in [-0.05, 0) is 29.6 Å². The quantitative estimate of drug-likeness (QED) is 0.458. The summed E-state index contributed by atoms with van der Waals surface area (Å²) >= 11 is 13.7. The van der Waals surface area contributed by atoms with E-state index in [0.29, 0.717) is 0 Å². The third kappa shape index (κ3) is 3.80. The van der Waals surface area contributed by atoms with E-state index < -0.39 is 11.7 Å². The number of benzene rings is 1. The number of H-pyrrole nitrogens is 1. The van der Waals surface area contributed by atoms with Gasteiger partial charge in [-0.3, -0.25) is 14.6 Å². The average Bonchev–Trinajstić information content (AvgIpc) is 3.40. The first-order valence-corrected chi connectivity index (χ1v) is 9.71. The number of nitrogens with one attached hydrogen (secondary N) is 2. The van der Waals surface area contributed by atoms with Crippen LogP contribution in [0.15, 0.2) is 48.0 Å². The highest BCUT2D eigenvalue weighted by Gasteiger charge is 2.17. The molecule has 0 saturated heterocycles. The zero-order chi connectivity index (χ0) is 19.7. The van der Waals surface area contributed by atoms with Crippen LogP contribution in [0.3, 0.4) is 0 Å². The molecule has 10 heteroatoms. The minimum atomic E-state index is -0.463. The van der Waals surface area contributed by atoms with Gasteiger partial charge in [-0.1, -0.05) is 35.3 Å². The van der Waals surface area contributed by atoms with Crippen molar-refractivity contribution in [1.29, 1.82) is 0 Å². The molecule has 142 valence electrons. The third-order valence-corrected chi connectivity index (χ3v) is 5.46. The van der Waals surface area contributed by atoms with Crippen molar-refractivity contribution in [1.82, 2.24) is 20.0 Å². The van der Waals surface area contributed by atoms with Crippen molar-refractivity contribution in [2.45, 2.75) is 6.54 Å². The van der Waals surface area contributed by atoms with E-state index in [9.17, 15) is 9.18 Å². The number of hydrogen-bond donors (Lipinski definition) is 2. The highest BCUT2D eigenvalue weighted by molar-refractivity contribution is 7.13. The fourth-order valence-electron chi connectivity index (χ4n) is 2.58. The topological polar surface area (TPSA) is 75.6 Å². The maximum absolute atomic E-state index is 14.0. The highest BCUT2D eigenvalue weighted by Crippen LogP contribution is 2.25. The molecule has 0 radical (unpaired) electrons. The van der Waals surface area contributed by atoms with Gasteiger partial charge in [-0.2, -0.15) is 10.2 Å². The molecule has 0 atom stereocenters. The molecule has 3 aromatic heterocycles. The number of aromatic nitrogens is 4. The fourth-order valence-corrected chi connectivity index (χ4v) is 3.69. The zero-order valence-electron chi connectivity index (χ0n) is 14.1. The molecule has 6 nitrogen and oxygen atoms in total. The van der Waals surface area contributed by atoms with Gasteiger partial charge in [-0.15, -0.1) is 11.3 Å². The molecule has 0 bridgehead atoms. The van der Waals surface area contributed by atoms with E-state index >= 15 is 0 Å². The smallest absolute Gasteiger partial charge is 0.277 e. The maximum Gasteiger partial charge on any atom is 0.277 e. The van der Waals surface area contributed by atoms with Gasteiger partial charge in [0.05, 0.1) is 17.1 Å². The minimum absolute atomic E-state index is 0.0754. The highest BCUT2D eigenvalue weighted by atomic mass is 35.5. The van der Waals surface area contributed by atoms with Crippen LogP contribution < -0.4 is 5.32 Å². The molecule has 0 fully saturated rings. The van der Waals surface area contributed by atoms with Crippen LogP contribution in [0, 0.1) is 5.82 Å². The van der Waals surface area contributed by atoms with E-state index in [1.807, 2.05) is 17.5 Å². The summed E-state index contributed by atoms with van der Waals surface area (Å²) in [5.41, 5.74) is 1.23. The van der Waals surface area contributed by atoms with E-state index in [1.165, 1.54) is 34.3 Å². The Balaban J connectivity index is 1.50. The van der Waals surface area contributed by atoms with Crippen molar-refractivity contribution in [3.63, 3.8) is 0 Å². The molecule has 0 unspecified atom stereocenters. The number of amides is 1. The van der Waals surface area contributed by atoms with Gasteiger partial charge < -0.3 is 5.32 Å². The lowest BCUT2D eigenvalue weighted by molar-refractivity contribution is 0.102. The van der Waals surface area contributed by atoms with Crippen molar-refractivity contribution in [3.05, 3.63) is 75.1 Å². The van der Waals surface area contributed by atoms with Crippen molar-refractivity contribution in [2.75, 3.05) is 5.32 Å². The Morgan fingerprint density at radius 2 is 2.11 bits per heavy atom. The Labute approximate surface area is 172 Å². The molecule has 2 N–H and O–H groups in total. The minimum Gasteiger partial charge on any atom is -0.302 e. The maximum atomic E-state index is 14.0. The number of carbonyl (C=O) groups is 1. The van der Waals surface area contributed by atoms with Crippen molar-refractivity contribution >= 4 is 46.3 Å². The predicted octanol–water partition coefficient (Wildman–Crippen LogP) is 5.08. The van der Waals surface area contributed by atoms with Crippen molar-refractivity contribution in [3.8, 4) is 10.6 Å². The molecule has 4 rings (SSSR count). The summed E-state index contributed by atoms with van der Waals surface area (Å²) in [5, 5.41) is 16.1. The van der Waals surface area contributed by atoms with Gasteiger partial charge in [0.2, 0.25) is 0 Å². The number of anilines is 1. The molecular weight excluding hydrogens is 424 g/mol. The summed E-state index contributed by atoms with van der Waals surface area (Å²) < 4.78 is 15.4. The van der Waals surface area contributed by atoms with E-state index in [0.717, 1.165) is 10.6 Å². The SMILES string of the molecule is O=C(Nc1nn(Cc2c(F)cccc2Cl)cc1Cl)c1cc(-c2cccs2)[nH]n1. The summed E-state index contributed by atoms with van der Waals surface area (Å²) in [7, 11) is 0. The molecule has 4 aromatic rings. The van der Waals surface area contributed by atoms with E-state index in [4.69, 9.17) is 23.2 Å². The summed E-state index contributed by atoms with van der Waals surface area (Å²) in [6, 6.07) is 9.91. The standard InChI is InChI=1S/C18H12Cl2FN5OS/c19-11-3-1-4-13(21)10(11)8-26-9-12(20)17(25-26)22-18(27)15-7-14(23-24-15)16-5-2-6-28-16/h1-7,9H,8H2,(H,23,24)(H,22,25,27). The Kier molecular flexibility index (Phi) is 5.17. The normalized spacial score (nSPS) is 11.0. The predicted molar refractivity (Wildman–Crippen MR) is 108 cm³/mol. The van der Waals surface area contributed by atoms with Gasteiger partial charge in [0.1, 0.15) is 10.8 Å². The van der Waals surface area contributed by atoms with E-state index in [2.05, 4.69) is 20.6 Å². The van der Waals surface area contributed by atoms with E-state index in [-0.39, 0.29) is 33.7 Å². The molecule has 0 saturated carbocycles. The average molecular weight is 436 g/mol. The van der Waals surface area contributed by atoms with Crippen LogP contribution in [0.1, 0.15) is 16.1 Å². The monoisotopic (exact) mass is 435 g/mol. The molecule has 0 spiro atoms. The molecule has 3 heterocycles. The first kappa shape index (κ1) is 18.7. The summed E-state index contributed by atoms with van der Waals surface area (Å²) in [6.07, 6.45) is 1.49. The molecule has 0 aliphatic rings. The molecule has 0 aliphatic heterocycles. The van der Waals surface area contributed by atoms with Crippen LogP contribution in [0.2, 0.25) is 10.0 Å². The van der Waals surface area contributed by atoms with Gasteiger partial charge in [0.15, 0.2) is 11.5 Å². The second-order valence-electron chi connectivity index (χ2n) is 5.82. The van der Waals surface area contributed by atoms with Crippen LogP contribution in [0.4, 0.5) is 10.2 Å². The van der Waals surface area contributed by atoms with Crippen LogP contribution >= 0.6 is 34.5 Å². The molecule has 0 aliphatic carbocycles. The molecular formula is C18H12Cl2FN5OS. The molecule has 1 amide bonds. The molecule has 1 aromatic carbocycles. The van der Waals surface area contributed by atoms with Crippen LogP contribution in [0.5, 0.6) is 0 Å². The second-order valence-corrected chi connectivity index (χ2v) is 7.58. The number of aromatic amines is 1. The lowest BCUT2D eigenvalue weighted by Gasteiger charge is -2.05. The number of hydrogen-bond acceptors (Lipinski definition) is 4. The lowest BCUT2D eigenvalue weighted by Crippen LogP contribution is -2.13. The Bertz CT molecular complexity index is 1120. The first-order chi connectivity index (χ1) is 13.5. The summed E-state index contributed by atoms with van der Waals surface area (Å²) in [6.45, 7) is 0.0754. The third-order valence-electron chi connectivity index (χ3n) is 3.93. The lowest BCUT2D eigenvalue weighted by atomic mass is 10.2. The van der Waals surface area contributed by atoms with Crippen molar-refractivity contribution < 1.29 is 9.18 Å². The summed E-state index contributed by atoms with van der Waals surface area (Å²) in [5.74, 6) is -0.753. The fraction of sp³-hybridized carbons (Fsp3) is 0.0556. The molecule has 28 heavy (non-hydrogen) atoms. The van der Waals surface area contributed by atoms with Crippen LogP contribution in [-0.4, -0.2) is 25.9 Å². The number of thiophene rings is 1. The van der Waals surface area contributed by atoms with Crippen LogP contribution in [0.25, 0.3) is 10.6 Å². The second kappa shape index (κ2) is 7.75. The largest absolute Gasteiger partial charge is 0.302 e. The van der Waals surface area contributed by atoms with Gasteiger partial charge in [0.25, 0.3) is 5.91 Å². The van der Waals surface area contributed by atoms with Gasteiger partial charge >= 0.3 is 0 Å². The summed E-state index contributed by atoms with van der Waals surface area (Å²) in [4.78, 5) is 13.4. The Morgan fingerprint density at radius 3 is 2.86 bits per heavy atom. The Hall–Kier alpha value is -2.68. The zero-order valence-corrected chi connectivity index (χ0v) is 16.4. The first-order valence-electron chi connectivity index (χ1n) is 8.08. The number of halogens is 3. The number of carbonyl (C=O) groups excluding carboxylic acids is 1. The Morgan fingerprint density at radius 1 is 1.25 bits per heavy atom. The van der Waals surface area contributed by atoms with Crippen LogP contribution in [-0.2, 0) is 6.54 Å². The number of nitrogens with zero attached hydrogens (tertiary/aromatic N) is 3. The van der Waals surface area contributed by atoms with Gasteiger partial charge in [0, 0.05) is 16.8 Å². The van der Waals surface area contributed by atoms with E-state index in [1.54, 1.807) is 12.1 Å². The number of rotatable bonds is 5. The van der Waals surface area contributed by atoms with Gasteiger partial charge in [-0.25, -0.2) is 4.39 Å². The van der Waals surface area contributed by atoms with Crippen molar-refractivity contribution in [2.24, 2.45) is 0 Å².